The van der Waals surface area contributed by atoms with Gasteiger partial charge in [0.25, 0.3) is 5.91 Å². The number of benzene rings is 1. The van der Waals surface area contributed by atoms with Gasteiger partial charge in [-0.3, -0.25) is 9.78 Å². The molecule has 5 nitrogen and oxygen atoms in total. The van der Waals surface area contributed by atoms with Gasteiger partial charge in [0, 0.05) is 11.6 Å². The molecule has 0 unspecified atom stereocenters. The lowest BCUT2D eigenvalue weighted by atomic mass is 9.98. The summed E-state index contributed by atoms with van der Waals surface area (Å²) in [6.07, 6.45) is 2.23. The van der Waals surface area contributed by atoms with Gasteiger partial charge >= 0.3 is 5.97 Å². The van der Waals surface area contributed by atoms with Crippen LogP contribution in [0.2, 0.25) is 0 Å². The van der Waals surface area contributed by atoms with Crippen LogP contribution in [0.5, 0.6) is 0 Å². The number of aromatic nitrogens is 1. The molecule has 1 aromatic carbocycles. The van der Waals surface area contributed by atoms with E-state index < -0.39 is 12.0 Å². The van der Waals surface area contributed by atoms with Gasteiger partial charge < -0.3 is 10.4 Å². The molecule has 0 aliphatic carbocycles. The van der Waals surface area contributed by atoms with Crippen LogP contribution in [-0.4, -0.2) is 28.0 Å². The van der Waals surface area contributed by atoms with Crippen LogP contribution < -0.4 is 5.32 Å². The van der Waals surface area contributed by atoms with E-state index in [-0.39, 0.29) is 11.8 Å². The Balaban J connectivity index is 2.32. The Bertz CT molecular complexity index is 664. The molecular formula is C16H18N2O3. The van der Waals surface area contributed by atoms with Crippen LogP contribution in [-0.2, 0) is 4.79 Å². The Morgan fingerprint density at radius 3 is 2.67 bits per heavy atom. The molecular weight excluding hydrogens is 268 g/mol. The largest absolute Gasteiger partial charge is 0.480 e. The maximum absolute atomic E-state index is 12.4. The molecule has 2 N–H and O–H groups in total. The van der Waals surface area contributed by atoms with Crippen LogP contribution in [0, 0.1) is 5.92 Å². The van der Waals surface area contributed by atoms with Crippen molar-refractivity contribution in [3.63, 3.8) is 0 Å². The minimum atomic E-state index is -1.02. The quantitative estimate of drug-likeness (QED) is 0.885. The predicted octanol–water partition coefficient (Wildman–Crippen LogP) is 2.46. The molecule has 2 aromatic rings. The highest BCUT2D eigenvalue weighted by molar-refractivity contribution is 6.06. The third kappa shape index (κ3) is 3.18. The second-order valence-corrected chi connectivity index (χ2v) is 5.05. The Morgan fingerprint density at radius 2 is 2.00 bits per heavy atom. The Morgan fingerprint density at radius 1 is 1.29 bits per heavy atom. The van der Waals surface area contributed by atoms with Crippen molar-refractivity contribution in [3.05, 3.63) is 42.1 Å². The van der Waals surface area contributed by atoms with Crippen molar-refractivity contribution in [1.82, 2.24) is 10.3 Å². The van der Waals surface area contributed by atoms with E-state index in [1.165, 1.54) is 0 Å². The van der Waals surface area contributed by atoms with Gasteiger partial charge in [-0.2, -0.15) is 0 Å². The molecule has 0 aliphatic rings. The van der Waals surface area contributed by atoms with Gasteiger partial charge in [0.15, 0.2) is 0 Å². The number of hydrogen-bond donors (Lipinski definition) is 2. The first-order chi connectivity index (χ1) is 10.0. The first-order valence-corrected chi connectivity index (χ1v) is 6.92. The number of nitrogens with one attached hydrogen (secondary N) is 1. The van der Waals surface area contributed by atoms with Crippen LogP contribution in [0.1, 0.15) is 30.6 Å². The van der Waals surface area contributed by atoms with Gasteiger partial charge in [-0.25, -0.2) is 4.79 Å². The maximum atomic E-state index is 12.4. The van der Waals surface area contributed by atoms with Crippen LogP contribution in [0.4, 0.5) is 0 Å². The lowest BCUT2D eigenvalue weighted by Gasteiger charge is -2.20. The van der Waals surface area contributed by atoms with Crippen LogP contribution in [0.3, 0.4) is 0 Å². The van der Waals surface area contributed by atoms with Crippen molar-refractivity contribution in [1.29, 1.82) is 0 Å². The average Bonchev–Trinajstić information content (AvgIpc) is 2.50. The number of carboxylic acids is 1. The minimum Gasteiger partial charge on any atom is -0.480 e. The van der Waals surface area contributed by atoms with E-state index in [4.69, 9.17) is 0 Å². The van der Waals surface area contributed by atoms with Gasteiger partial charge in [-0.15, -0.1) is 0 Å². The second-order valence-electron chi connectivity index (χ2n) is 5.05. The van der Waals surface area contributed by atoms with E-state index in [9.17, 15) is 14.7 Å². The Labute approximate surface area is 123 Å². The number of carboxylic acid groups (broad SMARTS) is 1. The summed E-state index contributed by atoms with van der Waals surface area (Å²) in [6, 6.07) is 7.99. The highest BCUT2D eigenvalue weighted by Crippen LogP contribution is 2.17. The number of pyridine rings is 1. The third-order valence-corrected chi connectivity index (χ3v) is 3.66. The molecule has 0 bridgehead atoms. The van der Waals surface area contributed by atoms with Crippen LogP contribution in [0.15, 0.2) is 36.5 Å². The molecule has 2 rings (SSSR count). The number of fused-ring (bicyclic) bond motifs is 1. The standard InChI is InChI=1S/C16H18N2O3/c1-3-10(2)14(16(20)21)18-15(19)12-8-9-17-13-7-5-4-6-11(12)13/h4-10,14H,3H2,1-2H3,(H,18,19)(H,20,21)/t10-,14+/m0/s1. The lowest BCUT2D eigenvalue weighted by Crippen LogP contribution is -2.45. The van der Waals surface area contributed by atoms with Gasteiger partial charge in [0.2, 0.25) is 0 Å². The summed E-state index contributed by atoms with van der Waals surface area (Å²) >= 11 is 0. The molecule has 5 heteroatoms. The number of carbonyl (C=O) groups excluding carboxylic acids is 1. The highest BCUT2D eigenvalue weighted by Gasteiger charge is 2.26. The molecule has 0 aliphatic heterocycles. The number of nitrogens with zero attached hydrogens (tertiary/aromatic N) is 1. The van der Waals surface area contributed by atoms with Gasteiger partial charge in [0.1, 0.15) is 6.04 Å². The van der Waals surface area contributed by atoms with E-state index in [2.05, 4.69) is 10.3 Å². The number of rotatable bonds is 5. The summed E-state index contributed by atoms with van der Waals surface area (Å²) in [6.45, 7) is 3.71. The second kappa shape index (κ2) is 6.35. The molecule has 1 amide bonds. The molecule has 0 saturated heterocycles. The lowest BCUT2D eigenvalue weighted by molar-refractivity contribution is -0.140. The number of aliphatic carboxylic acids is 1. The fraction of sp³-hybridized carbons (Fsp3) is 0.312. The molecule has 110 valence electrons. The molecule has 0 radical (unpaired) electrons. The third-order valence-electron chi connectivity index (χ3n) is 3.66. The summed E-state index contributed by atoms with van der Waals surface area (Å²) in [5, 5.41) is 12.6. The fourth-order valence-corrected chi connectivity index (χ4v) is 2.20. The van der Waals surface area contributed by atoms with Crippen molar-refractivity contribution in [2.75, 3.05) is 0 Å². The molecule has 21 heavy (non-hydrogen) atoms. The van der Waals surface area contributed by atoms with E-state index in [0.29, 0.717) is 22.9 Å². The Kier molecular flexibility index (Phi) is 4.52. The summed E-state index contributed by atoms with van der Waals surface area (Å²) in [7, 11) is 0. The number of hydrogen-bond acceptors (Lipinski definition) is 3. The van der Waals surface area contributed by atoms with Crippen molar-refractivity contribution in [2.45, 2.75) is 26.3 Å². The summed E-state index contributed by atoms with van der Waals surface area (Å²) in [5.74, 6) is -1.54. The SMILES string of the molecule is CC[C@H](C)[C@@H](NC(=O)c1ccnc2ccccc12)C(=O)O. The van der Waals surface area contributed by atoms with Crippen LogP contribution in [0.25, 0.3) is 10.9 Å². The fourth-order valence-electron chi connectivity index (χ4n) is 2.20. The van der Waals surface area contributed by atoms with Crippen molar-refractivity contribution in [3.8, 4) is 0 Å². The monoisotopic (exact) mass is 286 g/mol. The van der Waals surface area contributed by atoms with E-state index in [1.54, 1.807) is 18.3 Å². The number of para-hydroxylation sites is 1. The first-order valence-electron chi connectivity index (χ1n) is 6.92. The highest BCUT2D eigenvalue weighted by atomic mass is 16.4. The zero-order valence-electron chi connectivity index (χ0n) is 12.0. The van der Waals surface area contributed by atoms with Gasteiger partial charge in [-0.1, -0.05) is 38.5 Å². The summed E-state index contributed by atoms with van der Waals surface area (Å²) in [4.78, 5) is 27.9. The smallest absolute Gasteiger partial charge is 0.326 e. The molecule has 1 aromatic heterocycles. The van der Waals surface area contributed by atoms with E-state index in [0.717, 1.165) is 0 Å². The molecule has 0 spiro atoms. The normalized spacial score (nSPS) is 13.6. The van der Waals surface area contributed by atoms with Crippen molar-refractivity contribution < 1.29 is 14.7 Å². The zero-order chi connectivity index (χ0) is 15.4. The van der Waals surface area contributed by atoms with Gasteiger partial charge in [0.05, 0.1) is 11.1 Å². The molecule has 1 heterocycles. The maximum Gasteiger partial charge on any atom is 0.326 e. The summed E-state index contributed by atoms with van der Waals surface area (Å²) < 4.78 is 0. The predicted molar refractivity (Wildman–Crippen MR) is 80.1 cm³/mol. The average molecular weight is 286 g/mol. The number of amides is 1. The van der Waals surface area contributed by atoms with Crippen LogP contribution >= 0.6 is 0 Å². The summed E-state index contributed by atoms with van der Waals surface area (Å²) in [5.41, 5.74) is 1.15. The molecule has 0 fully saturated rings. The number of carbonyl (C=O) groups is 2. The minimum absolute atomic E-state index is 0.139. The molecule has 2 atom stereocenters. The van der Waals surface area contributed by atoms with Crippen molar-refractivity contribution in [2.24, 2.45) is 5.92 Å². The Hall–Kier alpha value is -2.43. The van der Waals surface area contributed by atoms with Crippen molar-refractivity contribution >= 4 is 22.8 Å². The zero-order valence-corrected chi connectivity index (χ0v) is 12.0. The first kappa shape index (κ1) is 15.0. The topological polar surface area (TPSA) is 79.3 Å². The van der Waals surface area contributed by atoms with Gasteiger partial charge in [-0.05, 0) is 18.1 Å². The van der Waals surface area contributed by atoms with E-state index in [1.807, 2.05) is 32.0 Å². The molecule has 0 saturated carbocycles. The van der Waals surface area contributed by atoms with E-state index >= 15 is 0 Å².